The molecule has 1 rings (SSSR count). The number of rotatable bonds is 7. The number of anilines is 1. The van der Waals surface area contributed by atoms with Crippen LogP contribution in [0, 0.1) is 6.92 Å². The van der Waals surface area contributed by atoms with Crippen LogP contribution in [0.5, 0.6) is 0 Å². The van der Waals surface area contributed by atoms with Gasteiger partial charge in [-0.2, -0.15) is 0 Å². The summed E-state index contributed by atoms with van der Waals surface area (Å²) in [4.78, 5) is 11.9. The van der Waals surface area contributed by atoms with Crippen LogP contribution in [0.15, 0.2) is 18.2 Å². The Labute approximate surface area is 115 Å². The van der Waals surface area contributed by atoms with Crippen LogP contribution in [0.2, 0.25) is 0 Å². The number of nitrogen functional groups attached to an aromatic ring is 1. The number of carbonyl (C=O) groups is 1. The molecular weight excluding hydrogens is 240 g/mol. The van der Waals surface area contributed by atoms with Crippen molar-refractivity contribution >= 4 is 11.6 Å². The van der Waals surface area contributed by atoms with E-state index >= 15 is 0 Å². The fourth-order valence-electron chi connectivity index (χ4n) is 1.78. The van der Waals surface area contributed by atoms with Crippen molar-refractivity contribution in [2.24, 2.45) is 0 Å². The molecule has 0 bridgehead atoms. The van der Waals surface area contributed by atoms with Crippen LogP contribution in [-0.4, -0.2) is 25.2 Å². The van der Waals surface area contributed by atoms with Crippen molar-refractivity contribution in [1.82, 2.24) is 5.32 Å². The van der Waals surface area contributed by atoms with Crippen molar-refractivity contribution < 1.29 is 9.53 Å². The van der Waals surface area contributed by atoms with E-state index in [-0.39, 0.29) is 12.0 Å². The summed E-state index contributed by atoms with van der Waals surface area (Å²) in [5.41, 5.74) is 7.93. The minimum absolute atomic E-state index is 0.0396. The lowest BCUT2D eigenvalue weighted by Gasteiger charge is -2.09. The maximum Gasteiger partial charge on any atom is 0.251 e. The van der Waals surface area contributed by atoms with E-state index in [1.165, 1.54) is 0 Å². The molecule has 0 aliphatic carbocycles. The van der Waals surface area contributed by atoms with Crippen LogP contribution in [0.25, 0.3) is 0 Å². The number of benzene rings is 1. The quantitative estimate of drug-likeness (QED) is 0.587. The first-order chi connectivity index (χ1) is 9.00. The molecular formula is C15H24N2O2. The zero-order chi connectivity index (χ0) is 14.3. The molecule has 0 aromatic heterocycles. The number of carbonyl (C=O) groups excluding carboxylic acids is 1. The van der Waals surface area contributed by atoms with Gasteiger partial charge in [-0.25, -0.2) is 0 Å². The highest BCUT2D eigenvalue weighted by molar-refractivity contribution is 5.95. The number of hydrogen-bond acceptors (Lipinski definition) is 3. The number of amides is 1. The van der Waals surface area contributed by atoms with Crippen LogP contribution in [-0.2, 0) is 4.74 Å². The van der Waals surface area contributed by atoms with E-state index in [2.05, 4.69) is 5.32 Å². The third-order valence-corrected chi connectivity index (χ3v) is 2.80. The Balaban J connectivity index is 2.28. The Morgan fingerprint density at radius 3 is 2.74 bits per heavy atom. The summed E-state index contributed by atoms with van der Waals surface area (Å²) in [6, 6.07) is 5.33. The van der Waals surface area contributed by atoms with Gasteiger partial charge in [-0.15, -0.1) is 0 Å². The predicted octanol–water partition coefficient (Wildman–Crippen LogP) is 2.51. The summed E-state index contributed by atoms with van der Waals surface area (Å²) >= 11 is 0. The molecule has 1 aromatic rings. The molecule has 3 N–H and O–H groups in total. The molecule has 0 unspecified atom stereocenters. The second-order valence-corrected chi connectivity index (χ2v) is 4.96. The van der Waals surface area contributed by atoms with Crippen molar-refractivity contribution in [1.29, 1.82) is 0 Å². The highest BCUT2D eigenvalue weighted by Crippen LogP contribution is 2.12. The molecule has 106 valence electrons. The van der Waals surface area contributed by atoms with Crippen LogP contribution in [0.4, 0.5) is 5.69 Å². The molecule has 0 fully saturated rings. The normalized spacial score (nSPS) is 10.7. The van der Waals surface area contributed by atoms with E-state index in [0.29, 0.717) is 17.8 Å². The van der Waals surface area contributed by atoms with E-state index in [9.17, 15) is 4.79 Å². The molecule has 0 saturated heterocycles. The second-order valence-electron chi connectivity index (χ2n) is 4.96. The first-order valence-electron chi connectivity index (χ1n) is 6.76. The first kappa shape index (κ1) is 15.5. The van der Waals surface area contributed by atoms with Crippen molar-refractivity contribution in [2.75, 3.05) is 18.9 Å². The molecule has 0 spiro atoms. The van der Waals surface area contributed by atoms with Crippen molar-refractivity contribution in [2.45, 2.75) is 39.7 Å². The summed E-state index contributed by atoms with van der Waals surface area (Å²) in [5, 5.41) is 2.91. The average molecular weight is 264 g/mol. The maximum atomic E-state index is 11.9. The lowest BCUT2D eigenvalue weighted by atomic mass is 10.1. The Bertz CT molecular complexity index is 417. The molecule has 1 amide bonds. The van der Waals surface area contributed by atoms with Gasteiger partial charge >= 0.3 is 0 Å². The van der Waals surface area contributed by atoms with Crippen molar-refractivity contribution in [3.05, 3.63) is 29.3 Å². The minimum Gasteiger partial charge on any atom is -0.399 e. The molecule has 0 saturated carbocycles. The van der Waals surface area contributed by atoms with E-state index in [1.54, 1.807) is 12.1 Å². The Morgan fingerprint density at radius 1 is 1.37 bits per heavy atom. The number of unbranched alkanes of at least 4 members (excludes halogenated alkanes) is 1. The number of ether oxygens (including phenoxy) is 1. The van der Waals surface area contributed by atoms with Crippen molar-refractivity contribution in [3.8, 4) is 0 Å². The molecule has 0 heterocycles. The summed E-state index contributed by atoms with van der Waals surface area (Å²) in [5.74, 6) is -0.0396. The fraction of sp³-hybridized carbons (Fsp3) is 0.533. The van der Waals surface area contributed by atoms with Crippen LogP contribution >= 0.6 is 0 Å². The summed E-state index contributed by atoms with van der Waals surface area (Å²) in [7, 11) is 0. The monoisotopic (exact) mass is 264 g/mol. The van der Waals surface area contributed by atoms with Gasteiger partial charge in [-0.1, -0.05) is 0 Å². The maximum absolute atomic E-state index is 11.9. The van der Waals surface area contributed by atoms with Crippen LogP contribution in [0.1, 0.15) is 42.6 Å². The zero-order valence-corrected chi connectivity index (χ0v) is 12.0. The standard InChI is InChI=1S/C15H24N2O2/c1-11(2)19-9-5-4-8-17-15(18)14-7-6-13(16)10-12(14)3/h6-7,10-11H,4-5,8-9,16H2,1-3H3,(H,17,18). The molecule has 1 aromatic carbocycles. The summed E-state index contributed by atoms with van der Waals surface area (Å²) in [6.07, 6.45) is 2.15. The van der Waals surface area contributed by atoms with Gasteiger partial charge in [-0.3, -0.25) is 4.79 Å². The number of hydrogen-bond donors (Lipinski definition) is 2. The second kappa shape index (κ2) is 7.79. The Morgan fingerprint density at radius 2 is 2.11 bits per heavy atom. The van der Waals surface area contributed by atoms with Gasteiger partial charge in [0.25, 0.3) is 5.91 Å². The molecule has 0 radical (unpaired) electrons. The molecule has 0 atom stereocenters. The van der Waals surface area contributed by atoms with E-state index in [1.807, 2.05) is 26.8 Å². The van der Waals surface area contributed by atoms with Crippen LogP contribution < -0.4 is 11.1 Å². The molecule has 4 heteroatoms. The highest BCUT2D eigenvalue weighted by Gasteiger charge is 2.07. The van der Waals surface area contributed by atoms with Gasteiger partial charge < -0.3 is 15.8 Å². The minimum atomic E-state index is -0.0396. The van der Waals surface area contributed by atoms with Gasteiger partial charge in [0.05, 0.1) is 6.10 Å². The zero-order valence-electron chi connectivity index (χ0n) is 12.0. The lowest BCUT2D eigenvalue weighted by molar-refractivity contribution is 0.0754. The molecule has 19 heavy (non-hydrogen) atoms. The molecule has 4 nitrogen and oxygen atoms in total. The largest absolute Gasteiger partial charge is 0.399 e. The average Bonchev–Trinajstić information content (AvgIpc) is 2.32. The Hall–Kier alpha value is -1.55. The number of aryl methyl sites for hydroxylation is 1. The van der Waals surface area contributed by atoms with Crippen molar-refractivity contribution in [3.63, 3.8) is 0 Å². The number of nitrogens with one attached hydrogen (secondary N) is 1. The van der Waals surface area contributed by atoms with E-state index in [0.717, 1.165) is 25.0 Å². The number of nitrogens with two attached hydrogens (primary N) is 1. The third kappa shape index (κ3) is 5.75. The lowest BCUT2D eigenvalue weighted by Crippen LogP contribution is -2.25. The highest BCUT2D eigenvalue weighted by atomic mass is 16.5. The van der Waals surface area contributed by atoms with E-state index in [4.69, 9.17) is 10.5 Å². The Kier molecular flexibility index (Phi) is 6.36. The molecule has 0 aliphatic rings. The SMILES string of the molecule is Cc1cc(N)ccc1C(=O)NCCCCOC(C)C. The summed E-state index contributed by atoms with van der Waals surface area (Å²) in [6.45, 7) is 7.34. The van der Waals surface area contributed by atoms with Gasteiger partial charge in [0, 0.05) is 24.4 Å². The smallest absolute Gasteiger partial charge is 0.251 e. The third-order valence-electron chi connectivity index (χ3n) is 2.80. The predicted molar refractivity (Wildman–Crippen MR) is 78.2 cm³/mol. The van der Waals surface area contributed by atoms with E-state index < -0.39 is 0 Å². The van der Waals surface area contributed by atoms with Crippen LogP contribution in [0.3, 0.4) is 0 Å². The summed E-state index contributed by atoms with van der Waals surface area (Å²) < 4.78 is 5.44. The van der Waals surface area contributed by atoms with Gasteiger partial charge in [-0.05, 0) is 57.4 Å². The van der Waals surface area contributed by atoms with Gasteiger partial charge in [0.2, 0.25) is 0 Å². The topological polar surface area (TPSA) is 64.4 Å². The van der Waals surface area contributed by atoms with Gasteiger partial charge in [0.1, 0.15) is 0 Å². The van der Waals surface area contributed by atoms with Gasteiger partial charge in [0.15, 0.2) is 0 Å². The first-order valence-corrected chi connectivity index (χ1v) is 6.76. The fourth-order valence-corrected chi connectivity index (χ4v) is 1.78. The molecule has 0 aliphatic heterocycles.